The second-order valence-electron chi connectivity index (χ2n) is 3.61. The van der Waals surface area contributed by atoms with Gasteiger partial charge in [0.1, 0.15) is 5.75 Å². The van der Waals surface area contributed by atoms with Gasteiger partial charge in [0.05, 0.1) is 0 Å². The molecule has 0 saturated heterocycles. The first-order valence-electron chi connectivity index (χ1n) is 4.90. The van der Waals surface area contributed by atoms with E-state index in [0.29, 0.717) is 10.8 Å². The molecule has 0 fully saturated rings. The van der Waals surface area contributed by atoms with E-state index >= 15 is 0 Å². The topological polar surface area (TPSA) is 37.3 Å². The van der Waals surface area contributed by atoms with Crippen molar-refractivity contribution in [2.75, 3.05) is 0 Å². The summed E-state index contributed by atoms with van der Waals surface area (Å²) in [6.45, 7) is 0. The van der Waals surface area contributed by atoms with Crippen molar-refractivity contribution >= 4 is 61.1 Å². The summed E-state index contributed by atoms with van der Waals surface area (Å²) in [5, 5.41) is 10.7. The normalized spacial score (nSPS) is 10.4. The molecule has 1 heterocycles. The molecule has 1 radical (unpaired) electrons. The zero-order valence-electron chi connectivity index (χ0n) is 9.31. The quantitative estimate of drug-likeness (QED) is 0.492. The van der Waals surface area contributed by atoms with Gasteiger partial charge < -0.3 is 5.11 Å². The number of hydrogen-bond donors (Lipinski definition) is 1. The third-order valence-electron chi connectivity index (χ3n) is 2.56. The number of rotatable bonds is 0. The van der Waals surface area contributed by atoms with Crippen molar-refractivity contribution in [3.05, 3.63) is 52.7 Å². The van der Waals surface area contributed by atoms with E-state index in [9.17, 15) is 9.90 Å². The van der Waals surface area contributed by atoms with Crippen LogP contribution in [0, 0.1) is 0 Å². The maximum absolute atomic E-state index is 12.1. The van der Waals surface area contributed by atoms with Crippen LogP contribution >= 0.6 is 11.3 Å². The summed E-state index contributed by atoms with van der Waals surface area (Å²) in [6.07, 6.45) is 0. The second-order valence-corrected chi connectivity index (χ2v) is 4.69. The molecule has 4 heteroatoms. The van der Waals surface area contributed by atoms with E-state index in [0.717, 1.165) is 9.40 Å². The van der Waals surface area contributed by atoms with E-state index in [1.807, 2.05) is 24.3 Å². The van der Waals surface area contributed by atoms with Crippen LogP contribution < -0.4 is 5.43 Å². The van der Waals surface area contributed by atoms with Gasteiger partial charge in [0.15, 0.2) is 5.43 Å². The van der Waals surface area contributed by atoms with Gasteiger partial charge in [-0.2, -0.15) is 0 Å². The Labute approximate surface area is 124 Å². The van der Waals surface area contributed by atoms with Gasteiger partial charge >= 0.3 is 0 Å². The van der Waals surface area contributed by atoms with Crippen LogP contribution in [-0.4, -0.2) is 34.7 Å². The van der Waals surface area contributed by atoms with E-state index < -0.39 is 0 Å². The molecule has 1 N–H and O–H groups in total. The fourth-order valence-corrected chi connectivity index (χ4v) is 2.84. The number of phenolic OH excluding ortho intramolecular Hbond substituents is 1. The largest absolute Gasteiger partial charge is 0.508 e. The van der Waals surface area contributed by atoms with Crippen LogP contribution in [0.1, 0.15) is 0 Å². The molecule has 0 saturated carbocycles. The van der Waals surface area contributed by atoms with E-state index in [4.69, 9.17) is 0 Å². The predicted molar refractivity (Wildman–Crippen MR) is 73.0 cm³/mol. The van der Waals surface area contributed by atoms with Crippen LogP contribution in [0.4, 0.5) is 0 Å². The van der Waals surface area contributed by atoms with Crippen molar-refractivity contribution in [3.8, 4) is 5.75 Å². The Morgan fingerprint density at radius 2 is 1.65 bits per heavy atom. The zero-order chi connectivity index (χ0) is 11.1. The van der Waals surface area contributed by atoms with Crippen LogP contribution in [0.25, 0.3) is 20.2 Å². The third-order valence-corrected chi connectivity index (χ3v) is 3.71. The van der Waals surface area contributed by atoms with Crippen LogP contribution in [0.5, 0.6) is 5.75 Å². The van der Waals surface area contributed by atoms with Gasteiger partial charge in [-0.1, -0.05) is 12.1 Å². The summed E-state index contributed by atoms with van der Waals surface area (Å²) in [5.74, 6) is 0.132. The molecular formula is C13H8NaO2S. The molecule has 17 heavy (non-hydrogen) atoms. The number of fused-ring (bicyclic) bond motifs is 2. The monoisotopic (exact) mass is 251 g/mol. The summed E-state index contributed by atoms with van der Waals surface area (Å²) in [6, 6.07) is 12.4. The van der Waals surface area contributed by atoms with Gasteiger partial charge in [-0.05, 0) is 30.3 Å². The molecule has 0 aliphatic carbocycles. The van der Waals surface area contributed by atoms with Gasteiger partial charge in [0, 0.05) is 49.7 Å². The Bertz CT molecular complexity index is 749. The molecular weight excluding hydrogens is 243 g/mol. The number of phenols is 1. The van der Waals surface area contributed by atoms with Gasteiger partial charge in [0.25, 0.3) is 0 Å². The maximum Gasteiger partial charge on any atom is 0.196 e. The number of hydrogen-bond acceptors (Lipinski definition) is 3. The molecule has 0 aliphatic heterocycles. The summed E-state index contributed by atoms with van der Waals surface area (Å²) >= 11 is 1.56. The van der Waals surface area contributed by atoms with Crippen molar-refractivity contribution in [1.29, 1.82) is 0 Å². The molecule has 2 nitrogen and oxygen atoms in total. The Kier molecular flexibility index (Phi) is 3.54. The van der Waals surface area contributed by atoms with E-state index in [1.165, 1.54) is 6.07 Å². The van der Waals surface area contributed by atoms with Gasteiger partial charge in [-0.25, -0.2) is 0 Å². The average Bonchev–Trinajstić information content (AvgIpc) is 2.31. The molecule has 1 aromatic heterocycles. The minimum atomic E-state index is -0.0137. The fourth-order valence-electron chi connectivity index (χ4n) is 1.79. The van der Waals surface area contributed by atoms with Crippen LogP contribution in [0.15, 0.2) is 47.3 Å². The summed E-state index contributed by atoms with van der Waals surface area (Å²) < 4.78 is 1.88. The predicted octanol–water partition coefficient (Wildman–Crippen LogP) is 2.74. The van der Waals surface area contributed by atoms with E-state index in [2.05, 4.69) is 0 Å². The van der Waals surface area contributed by atoms with Gasteiger partial charge in [-0.3, -0.25) is 4.79 Å². The summed E-state index contributed by atoms with van der Waals surface area (Å²) in [4.78, 5) is 12.1. The van der Waals surface area contributed by atoms with Crippen molar-refractivity contribution in [3.63, 3.8) is 0 Å². The van der Waals surface area contributed by atoms with Crippen LogP contribution in [0.2, 0.25) is 0 Å². The van der Waals surface area contributed by atoms with Crippen molar-refractivity contribution in [2.45, 2.75) is 0 Å². The van der Waals surface area contributed by atoms with Crippen molar-refractivity contribution in [2.24, 2.45) is 0 Å². The Morgan fingerprint density at radius 3 is 2.47 bits per heavy atom. The minimum absolute atomic E-state index is 0. The van der Waals surface area contributed by atoms with Crippen molar-refractivity contribution < 1.29 is 5.11 Å². The smallest absolute Gasteiger partial charge is 0.196 e. The van der Waals surface area contributed by atoms with Gasteiger partial charge in [-0.15, -0.1) is 11.3 Å². The zero-order valence-corrected chi connectivity index (χ0v) is 12.1. The summed E-state index contributed by atoms with van der Waals surface area (Å²) in [7, 11) is 0. The molecule has 3 rings (SSSR count). The Morgan fingerprint density at radius 1 is 0.941 bits per heavy atom. The van der Waals surface area contributed by atoms with Gasteiger partial charge in [0.2, 0.25) is 0 Å². The number of benzene rings is 2. The second kappa shape index (κ2) is 4.78. The molecule has 3 aromatic rings. The first-order chi connectivity index (χ1) is 7.75. The molecule has 0 atom stereocenters. The molecule has 0 spiro atoms. The Hall–Kier alpha value is -0.870. The number of aromatic hydroxyl groups is 1. The molecule has 2 aromatic carbocycles. The molecule has 0 aliphatic rings. The molecule has 0 bridgehead atoms. The first-order valence-corrected chi connectivity index (χ1v) is 5.72. The Balaban J connectivity index is 0.00000108. The standard InChI is InChI=1S/C13H8O2S.Na/c14-8-5-6-12-10(7-8)13(15)9-3-1-2-4-11(9)16-12;/h1-7,14H;. The minimum Gasteiger partial charge on any atom is -0.508 e. The third kappa shape index (κ3) is 2.11. The SMILES string of the molecule is O=c1c2ccccc2sc2ccc(O)cc12.[Na]. The van der Waals surface area contributed by atoms with Crippen molar-refractivity contribution in [1.82, 2.24) is 0 Å². The fraction of sp³-hybridized carbons (Fsp3) is 0. The van der Waals surface area contributed by atoms with Crippen LogP contribution in [0.3, 0.4) is 0 Å². The average molecular weight is 251 g/mol. The molecule has 79 valence electrons. The van der Waals surface area contributed by atoms with E-state index in [-0.39, 0.29) is 40.7 Å². The molecule has 0 unspecified atom stereocenters. The maximum atomic E-state index is 12.1. The first kappa shape index (κ1) is 12.6. The van der Waals surface area contributed by atoms with E-state index in [1.54, 1.807) is 23.5 Å². The molecule has 0 amide bonds. The van der Waals surface area contributed by atoms with Crippen LogP contribution in [-0.2, 0) is 0 Å². The summed E-state index contributed by atoms with van der Waals surface area (Å²) in [5.41, 5.74) is -0.0137.